The first-order valence-corrected chi connectivity index (χ1v) is 10.4. The monoisotopic (exact) mass is 430 g/mol. The van der Waals surface area contributed by atoms with E-state index in [0.29, 0.717) is 22.8 Å². The SMILES string of the molecule is COc1cc(/C=N/NC(=O)C2CC2(c2ccccc2)c2ccccc2)cc(OC)c1OC. The van der Waals surface area contributed by atoms with Gasteiger partial charge in [-0.3, -0.25) is 4.79 Å². The number of ether oxygens (including phenoxy) is 3. The van der Waals surface area contributed by atoms with E-state index in [4.69, 9.17) is 14.2 Å². The number of hydrazone groups is 1. The first-order valence-electron chi connectivity index (χ1n) is 10.4. The van der Waals surface area contributed by atoms with Gasteiger partial charge in [-0.15, -0.1) is 0 Å². The number of benzene rings is 3. The van der Waals surface area contributed by atoms with E-state index in [1.54, 1.807) is 39.7 Å². The maximum Gasteiger partial charge on any atom is 0.244 e. The normalized spacial score (nSPS) is 16.4. The third kappa shape index (κ3) is 3.91. The average Bonchev–Trinajstić information content (AvgIpc) is 3.61. The fourth-order valence-corrected chi connectivity index (χ4v) is 4.28. The summed E-state index contributed by atoms with van der Waals surface area (Å²) in [6.07, 6.45) is 2.31. The summed E-state index contributed by atoms with van der Waals surface area (Å²) in [5.74, 6) is 1.25. The third-order valence-corrected chi connectivity index (χ3v) is 5.93. The van der Waals surface area contributed by atoms with E-state index >= 15 is 0 Å². The first-order chi connectivity index (χ1) is 15.6. The molecule has 164 valence electrons. The van der Waals surface area contributed by atoms with Gasteiger partial charge in [-0.05, 0) is 29.7 Å². The molecule has 0 aromatic heterocycles. The van der Waals surface area contributed by atoms with E-state index in [1.807, 2.05) is 36.4 Å². The number of carbonyl (C=O) groups excluding carboxylic acids is 1. The molecule has 3 aromatic carbocycles. The Labute approximate surface area is 187 Å². The molecule has 4 rings (SSSR count). The van der Waals surface area contributed by atoms with Gasteiger partial charge < -0.3 is 14.2 Å². The zero-order chi connectivity index (χ0) is 22.6. The molecule has 0 aliphatic heterocycles. The van der Waals surface area contributed by atoms with Crippen molar-refractivity contribution in [3.8, 4) is 17.2 Å². The molecule has 0 spiro atoms. The summed E-state index contributed by atoms with van der Waals surface area (Å²) < 4.78 is 16.1. The van der Waals surface area contributed by atoms with Gasteiger partial charge in [0.2, 0.25) is 11.7 Å². The Bertz CT molecular complexity index is 1050. The number of carbonyl (C=O) groups is 1. The van der Waals surface area contributed by atoms with Crippen molar-refractivity contribution in [2.45, 2.75) is 11.8 Å². The predicted molar refractivity (Wildman–Crippen MR) is 124 cm³/mol. The Balaban J connectivity index is 1.53. The predicted octanol–water partition coefficient (Wildman–Crippen LogP) is 4.17. The van der Waals surface area contributed by atoms with Crippen LogP contribution in [0.4, 0.5) is 0 Å². The molecule has 1 aliphatic rings. The van der Waals surface area contributed by atoms with E-state index in [9.17, 15) is 4.79 Å². The molecule has 1 amide bonds. The van der Waals surface area contributed by atoms with Crippen molar-refractivity contribution >= 4 is 12.1 Å². The fraction of sp³-hybridized carbons (Fsp3) is 0.231. The van der Waals surface area contributed by atoms with Crippen LogP contribution in [0.15, 0.2) is 77.9 Å². The fourth-order valence-electron chi connectivity index (χ4n) is 4.28. The quantitative estimate of drug-likeness (QED) is 0.430. The van der Waals surface area contributed by atoms with Crippen LogP contribution in [-0.2, 0) is 10.2 Å². The van der Waals surface area contributed by atoms with Crippen molar-refractivity contribution < 1.29 is 19.0 Å². The van der Waals surface area contributed by atoms with E-state index in [2.05, 4.69) is 34.8 Å². The van der Waals surface area contributed by atoms with Crippen molar-refractivity contribution in [1.82, 2.24) is 5.43 Å². The van der Waals surface area contributed by atoms with E-state index < -0.39 is 0 Å². The van der Waals surface area contributed by atoms with Gasteiger partial charge in [0.05, 0.1) is 33.5 Å². The van der Waals surface area contributed by atoms with Crippen LogP contribution in [0.3, 0.4) is 0 Å². The zero-order valence-electron chi connectivity index (χ0n) is 18.4. The molecule has 32 heavy (non-hydrogen) atoms. The lowest BCUT2D eigenvalue weighted by atomic mass is 9.85. The summed E-state index contributed by atoms with van der Waals surface area (Å²) in [6.45, 7) is 0. The van der Waals surface area contributed by atoms with Crippen LogP contribution >= 0.6 is 0 Å². The highest BCUT2D eigenvalue weighted by atomic mass is 16.5. The van der Waals surface area contributed by atoms with Crippen LogP contribution in [0.5, 0.6) is 17.2 Å². The van der Waals surface area contributed by atoms with Crippen LogP contribution in [-0.4, -0.2) is 33.5 Å². The molecule has 1 unspecified atom stereocenters. The van der Waals surface area contributed by atoms with Gasteiger partial charge in [0.25, 0.3) is 0 Å². The molecule has 1 fully saturated rings. The Kier molecular flexibility index (Phi) is 6.12. The highest BCUT2D eigenvalue weighted by Crippen LogP contribution is 2.58. The molecule has 6 heteroatoms. The molecule has 1 N–H and O–H groups in total. The molecule has 1 saturated carbocycles. The molecule has 1 aliphatic carbocycles. The molecule has 3 aromatic rings. The standard InChI is InChI=1S/C26H26N2O4/c1-30-22-14-18(15-23(31-2)24(22)32-3)17-27-28-25(29)21-16-26(21,19-10-6-4-7-11-19)20-12-8-5-9-13-20/h4-15,17,21H,16H2,1-3H3,(H,28,29)/b27-17+. The van der Waals surface area contributed by atoms with Crippen LogP contribution in [0.1, 0.15) is 23.1 Å². The number of rotatable bonds is 8. The van der Waals surface area contributed by atoms with Gasteiger partial charge in [0, 0.05) is 11.0 Å². The maximum absolute atomic E-state index is 13.0. The Hall–Kier alpha value is -3.80. The minimum absolute atomic E-state index is 0.110. The van der Waals surface area contributed by atoms with Crippen molar-refractivity contribution in [2.75, 3.05) is 21.3 Å². The lowest BCUT2D eigenvalue weighted by Crippen LogP contribution is -2.25. The van der Waals surface area contributed by atoms with Gasteiger partial charge in [0.15, 0.2) is 11.5 Å². The minimum atomic E-state index is -0.325. The summed E-state index contributed by atoms with van der Waals surface area (Å²) in [5.41, 5.74) is 5.38. The lowest BCUT2D eigenvalue weighted by molar-refractivity contribution is -0.122. The molecule has 0 heterocycles. The molecule has 0 radical (unpaired) electrons. The van der Waals surface area contributed by atoms with Gasteiger partial charge in [0.1, 0.15) is 0 Å². The first kappa shape index (κ1) is 21.4. The molecular weight excluding hydrogens is 404 g/mol. The molecule has 1 atom stereocenters. The van der Waals surface area contributed by atoms with E-state index in [-0.39, 0.29) is 17.2 Å². The number of nitrogens with zero attached hydrogens (tertiary/aromatic N) is 1. The third-order valence-electron chi connectivity index (χ3n) is 5.93. The van der Waals surface area contributed by atoms with Crippen molar-refractivity contribution in [3.05, 3.63) is 89.5 Å². The molecule has 0 bridgehead atoms. The second kappa shape index (κ2) is 9.14. The minimum Gasteiger partial charge on any atom is -0.493 e. The summed E-state index contributed by atoms with van der Waals surface area (Å²) in [7, 11) is 4.66. The van der Waals surface area contributed by atoms with Gasteiger partial charge in [-0.2, -0.15) is 5.10 Å². The Morgan fingerprint density at radius 2 is 1.44 bits per heavy atom. The smallest absolute Gasteiger partial charge is 0.244 e. The van der Waals surface area contributed by atoms with Gasteiger partial charge in [-0.25, -0.2) is 5.43 Å². The zero-order valence-corrected chi connectivity index (χ0v) is 18.4. The number of hydrogen-bond donors (Lipinski definition) is 1. The highest BCUT2D eigenvalue weighted by Gasteiger charge is 2.60. The molecular formula is C26H26N2O4. The Morgan fingerprint density at radius 1 is 0.906 bits per heavy atom. The summed E-state index contributed by atoms with van der Waals surface area (Å²) in [6, 6.07) is 23.9. The molecule has 6 nitrogen and oxygen atoms in total. The van der Waals surface area contributed by atoms with Crippen molar-refractivity contribution in [2.24, 2.45) is 11.0 Å². The van der Waals surface area contributed by atoms with Gasteiger partial charge >= 0.3 is 0 Å². The number of hydrogen-bond acceptors (Lipinski definition) is 5. The van der Waals surface area contributed by atoms with E-state index in [1.165, 1.54) is 0 Å². The summed E-state index contributed by atoms with van der Waals surface area (Å²) in [5, 5.41) is 4.19. The largest absolute Gasteiger partial charge is 0.493 e. The lowest BCUT2D eigenvalue weighted by Gasteiger charge is -2.18. The second-order valence-corrected chi connectivity index (χ2v) is 7.65. The summed E-state index contributed by atoms with van der Waals surface area (Å²) in [4.78, 5) is 13.0. The topological polar surface area (TPSA) is 69.2 Å². The van der Waals surface area contributed by atoms with E-state index in [0.717, 1.165) is 17.5 Å². The number of nitrogens with one attached hydrogen (secondary N) is 1. The number of amides is 1. The van der Waals surface area contributed by atoms with Gasteiger partial charge in [-0.1, -0.05) is 60.7 Å². The average molecular weight is 431 g/mol. The highest BCUT2D eigenvalue weighted by molar-refractivity contribution is 5.88. The van der Waals surface area contributed by atoms with Crippen molar-refractivity contribution in [3.63, 3.8) is 0 Å². The van der Waals surface area contributed by atoms with Crippen LogP contribution in [0.25, 0.3) is 0 Å². The second-order valence-electron chi connectivity index (χ2n) is 7.65. The van der Waals surface area contributed by atoms with Crippen LogP contribution < -0.4 is 19.6 Å². The Morgan fingerprint density at radius 3 is 1.91 bits per heavy atom. The molecule has 0 saturated heterocycles. The summed E-state index contributed by atoms with van der Waals surface area (Å²) >= 11 is 0. The van der Waals surface area contributed by atoms with Crippen LogP contribution in [0.2, 0.25) is 0 Å². The maximum atomic E-state index is 13.0. The number of methoxy groups -OCH3 is 3. The van der Waals surface area contributed by atoms with Crippen LogP contribution in [0, 0.1) is 5.92 Å². The van der Waals surface area contributed by atoms with Crippen molar-refractivity contribution in [1.29, 1.82) is 0 Å².